The largest absolute Gasteiger partial charge is 0.340 e. The van der Waals surface area contributed by atoms with E-state index in [0.717, 1.165) is 24.7 Å². The molecule has 2 heterocycles. The maximum absolute atomic E-state index is 4.40. The quantitative estimate of drug-likeness (QED) is 0.744. The predicted molar refractivity (Wildman–Crippen MR) is 56.4 cm³/mol. The Kier molecular flexibility index (Phi) is 2.63. The molecule has 0 aliphatic carbocycles. The Morgan fingerprint density at radius 3 is 3.07 bits per heavy atom. The van der Waals surface area contributed by atoms with Crippen LogP contribution in [0.1, 0.15) is 12.1 Å². The first kappa shape index (κ1) is 9.40. The SMILES string of the molecule is Cc1ccnc(N(C)[C@@H]2CCNC2)n1. The molecule has 4 heteroatoms. The highest BCUT2D eigenvalue weighted by Gasteiger charge is 2.20. The highest BCUT2D eigenvalue weighted by molar-refractivity contribution is 5.31. The van der Waals surface area contributed by atoms with E-state index in [4.69, 9.17) is 0 Å². The molecule has 0 aromatic carbocycles. The van der Waals surface area contributed by atoms with Gasteiger partial charge in [0.1, 0.15) is 0 Å². The van der Waals surface area contributed by atoms with Gasteiger partial charge in [0.15, 0.2) is 0 Å². The lowest BCUT2D eigenvalue weighted by molar-refractivity contribution is 0.667. The normalized spacial score (nSPS) is 21.1. The van der Waals surface area contributed by atoms with E-state index in [2.05, 4.69) is 27.2 Å². The average Bonchev–Trinajstić information content (AvgIpc) is 2.69. The van der Waals surface area contributed by atoms with Crippen LogP contribution in [0.2, 0.25) is 0 Å². The molecule has 1 aliphatic rings. The molecule has 0 spiro atoms. The van der Waals surface area contributed by atoms with Crippen molar-refractivity contribution >= 4 is 5.95 Å². The van der Waals surface area contributed by atoms with Gasteiger partial charge in [-0.25, -0.2) is 9.97 Å². The van der Waals surface area contributed by atoms with E-state index in [1.807, 2.05) is 19.2 Å². The van der Waals surface area contributed by atoms with Gasteiger partial charge in [0.2, 0.25) is 5.95 Å². The second kappa shape index (κ2) is 3.92. The first-order valence-corrected chi connectivity index (χ1v) is 5.00. The van der Waals surface area contributed by atoms with Gasteiger partial charge in [-0.3, -0.25) is 0 Å². The van der Waals surface area contributed by atoms with Crippen molar-refractivity contribution < 1.29 is 0 Å². The lowest BCUT2D eigenvalue weighted by atomic mass is 10.2. The topological polar surface area (TPSA) is 41.1 Å². The van der Waals surface area contributed by atoms with Gasteiger partial charge in [0.25, 0.3) is 0 Å². The minimum Gasteiger partial charge on any atom is -0.340 e. The van der Waals surface area contributed by atoms with Gasteiger partial charge in [0.05, 0.1) is 0 Å². The van der Waals surface area contributed by atoms with Crippen LogP contribution < -0.4 is 10.2 Å². The maximum atomic E-state index is 4.40. The second-order valence-electron chi connectivity index (χ2n) is 3.76. The van der Waals surface area contributed by atoms with Crippen molar-refractivity contribution in [2.24, 2.45) is 0 Å². The molecular weight excluding hydrogens is 176 g/mol. The molecule has 0 unspecified atom stereocenters. The molecule has 14 heavy (non-hydrogen) atoms. The van der Waals surface area contributed by atoms with Crippen LogP contribution in [0, 0.1) is 6.92 Å². The van der Waals surface area contributed by atoms with Crippen LogP contribution in [-0.2, 0) is 0 Å². The minimum absolute atomic E-state index is 0.539. The molecule has 4 nitrogen and oxygen atoms in total. The van der Waals surface area contributed by atoms with Crippen molar-refractivity contribution in [1.82, 2.24) is 15.3 Å². The summed E-state index contributed by atoms with van der Waals surface area (Å²) in [7, 11) is 2.06. The molecule has 1 atom stereocenters. The summed E-state index contributed by atoms with van der Waals surface area (Å²) in [6, 6.07) is 2.46. The Bertz CT molecular complexity index is 307. The number of nitrogens with zero attached hydrogens (tertiary/aromatic N) is 3. The summed E-state index contributed by atoms with van der Waals surface area (Å²) >= 11 is 0. The summed E-state index contributed by atoms with van der Waals surface area (Å²) in [5.74, 6) is 0.832. The fourth-order valence-electron chi connectivity index (χ4n) is 1.74. The minimum atomic E-state index is 0.539. The van der Waals surface area contributed by atoms with Crippen LogP contribution in [0.4, 0.5) is 5.95 Å². The van der Waals surface area contributed by atoms with Crippen LogP contribution in [0.25, 0.3) is 0 Å². The highest BCUT2D eigenvalue weighted by atomic mass is 15.3. The monoisotopic (exact) mass is 192 g/mol. The number of likely N-dealkylation sites (N-methyl/N-ethyl adjacent to an activating group) is 1. The Labute approximate surface area is 84.4 Å². The molecule has 1 N–H and O–H groups in total. The summed E-state index contributed by atoms with van der Waals surface area (Å²) < 4.78 is 0. The molecule has 0 radical (unpaired) electrons. The van der Waals surface area contributed by atoms with Crippen LogP contribution in [0.5, 0.6) is 0 Å². The van der Waals surface area contributed by atoms with Crippen LogP contribution in [0.15, 0.2) is 12.3 Å². The van der Waals surface area contributed by atoms with E-state index in [0.29, 0.717) is 6.04 Å². The van der Waals surface area contributed by atoms with Gasteiger partial charge in [-0.2, -0.15) is 0 Å². The van der Waals surface area contributed by atoms with Crippen LogP contribution >= 0.6 is 0 Å². The molecule has 1 aromatic heterocycles. The van der Waals surface area contributed by atoms with E-state index in [1.165, 1.54) is 6.42 Å². The van der Waals surface area contributed by atoms with Crippen molar-refractivity contribution in [3.8, 4) is 0 Å². The smallest absolute Gasteiger partial charge is 0.225 e. The third-order valence-corrected chi connectivity index (χ3v) is 2.68. The van der Waals surface area contributed by atoms with E-state index in [1.54, 1.807) is 0 Å². The number of hydrogen-bond donors (Lipinski definition) is 1. The molecule has 1 fully saturated rings. The number of nitrogens with one attached hydrogen (secondary N) is 1. The van der Waals surface area contributed by atoms with Crippen molar-refractivity contribution in [2.45, 2.75) is 19.4 Å². The summed E-state index contributed by atoms with van der Waals surface area (Å²) in [5, 5.41) is 3.34. The lowest BCUT2D eigenvalue weighted by Gasteiger charge is -2.23. The second-order valence-corrected chi connectivity index (χ2v) is 3.76. The summed E-state index contributed by atoms with van der Waals surface area (Å²) in [4.78, 5) is 10.8. The third-order valence-electron chi connectivity index (χ3n) is 2.68. The Balaban J connectivity index is 2.13. The first-order valence-electron chi connectivity index (χ1n) is 5.00. The van der Waals surface area contributed by atoms with Gasteiger partial charge in [0, 0.05) is 31.5 Å². The van der Waals surface area contributed by atoms with Gasteiger partial charge < -0.3 is 10.2 Å². The van der Waals surface area contributed by atoms with Crippen LogP contribution in [-0.4, -0.2) is 36.1 Å². The van der Waals surface area contributed by atoms with Gasteiger partial charge in [-0.1, -0.05) is 0 Å². The highest BCUT2D eigenvalue weighted by Crippen LogP contribution is 2.13. The van der Waals surface area contributed by atoms with Gasteiger partial charge >= 0.3 is 0 Å². The molecule has 1 aromatic rings. The summed E-state index contributed by atoms with van der Waals surface area (Å²) in [6.07, 6.45) is 2.99. The molecule has 1 aliphatic heterocycles. The number of rotatable bonds is 2. The first-order chi connectivity index (χ1) is 6.77. The molecule has 0 amide bonds. The maximum Gasteiger partial charge on any atom is 0.225 e. The van der Waals surface area contributed by atoms with Crippen molar-refractivity contribution in [2.75, 3.05) is 25.0 Å². The molecule has 2 rings (SSSR count). The Morgan fingerprint density at radius 2 is 2.43 bits per heavy atom. The van der Waals surface area contributed by atoms with E-state index < -0.39 is 0 Å². The molecule has 76 valence electrons. The number of hydrogen-bond acceptors (Lipinski definition) is 4. The number of aryl methyl sites for hydroxylation is 1. The zero-order valence-electron chi connectivity index (χ0n) is 8.70. The Hall–Kier alpha value is -1.16. The fraction of sp³-hybridized carbons (Fsp3) is 0.600. The number of anilines is 1. The van der Waals surface area contributed by atoms with Crippen LogP contribution in [0.3, 0.4) is 0 Å². The summed E-state index contributed by atoms with van der Waals surface area (Å²) in [6.45, 7) is 4.13. The fourth-order valence-corrected chi connectivity index (χ4v) is 1.74. The predicted octanol–water partition coefficient (Wildman–Crippen LogP) is 0.583. The van der Waals surface area contributed by atoms with Gasteiger partial charge in [-0.05, 0) is 26.0 Å². The third kappa shape index (κ3) is 1.85. The zero-order chi connectivity index (χ0) is 9.97. The van der Waals surface area contributed by atoms with E-state index in [9.17, 15) is 0 Å². The van der Waals surface area contributed by atoms with Crippen molar-refractivity contribution in [3.05, 3.63) is 18.0 Å². The van der Waals surface area contributed by atoms with Gasteiger partial charge in [-0.15, -0.1) is 0 Å². The zero-order valence-corrected chi connectivity index (χ0v) is 8.70. The molecule has 0 saturated carbocycles. The van der Waals surface area contributed by atoms with Crippen molar-refractivity contribution in [3.63, 3.8) is 0 Å². The lowest BCUT2D eigenvalue weighted by Crippen LogP contribution is -2.34. The Morgan fingerprint density at radius 1 is 1.57 bits per heavy atom. The van der Waals surface area contributed by atoms with E-state index in [-0.39, 0.29) is 0 Å². The molecule has 0 bridgehead atoms. The summed E-state index contributed by atoms with van der Waals surface area (Å²) in [5.41, 5.74) is 1.02. The van der Waals surface area contributed by atoms with Crippen molar-refractivity contribution in [1.29, 1.82) is 0 Å². The van der Waals surface area contributed by atoms with E-state index >= 15 is 0 Å². The number of aromatic nitrogens is 2. The molecule has 1 saturated heterocycles. The average molecular weight is 192 g/mol. The molecular formula is C10H16N4. The standard InChI is InChI=1S/C10H16N4/c1-8-3-6-12-10(13-8)14(2)9-4-5-11-7-9/h3,6,9,11H,4-5,7H2,1-2H3/t9-/m1/s1.